The van der Waals surface area contributed by atoms with Gasteiger partial charge in [-0.1, -0.05) is 6.92 Å². The van der Waals surface area contributed by atoms with Crippen LogP contribution in [-0.4, -0.2) is 16.2 Å². The van der Waals surface area contributed by atoms with Gasteiger partial charge in [0.1, 0.15) is 11.6 Å². The van der Waals surface area contributed by atoms with Crippen LogP contribution in [0.15, 0.2) is 18.2 Å². The Labute approximate surface area is 101 Å². The Morgan fingerprint density at radius 3 is 2.82 bits per heavy atom. The predicted octanol–water partition coefficient (Wildman–Crippen LogP) is 2.38. The van der Waals surface area contributed by atoms with Crippen molar-refractivity contribution in [2.75, 3.05) is 6.61 Å². The highest BCUT2D eigenvalue weighted by Gasteiger charge is 2.13. The molecule has 1 unspecified atom stereocenters. The Morgan fingerprint density at radius 1 is 1.41 bits per heavy atom. The molecular weight excluding hydrogens is 214 g/mol. The van der Waals surface area contributed by atoms with E-state index < -0.39 is 0 Å². The number of rotatable bonds is 4. The first-order chi connectivity index (χ1) is 8.17. The zero-order chi connectivity index (χ0) is 12.4. The lowest BCUT2D eigenvalue weighted by Crippen LogP contribution is -2.13. The van der Waals surface area contributed by atoms with E-state index in [2.05, 4.69) is 16.5 Å². The van der Waals surface area contributed by atoms with Crippen LogP contribution in [-0.2, 0) is 7.05 Å². The van der Waals surface area contributed by atoms with E-state index in [1.807, 2.05) is 32.2 Å². The molecule has 2 aromatic rings. The molecule has 1 aromatic heterocycles. The quantitative estimate of drug-likeness (QED) is 0.882. The monoisotopic (exact) mass is 233 g/mol. The van der Waals surface area contributed by atoms with Gasteiger partial charge in [0.25, 0.3) is 0 Å². The summed E-state index contributed by atoms with van der Waals surface area (Å²) in [6, 6.07) is 5.95. The topological polar surface area (TPSA) is 53.1 Å². The fraction of sp³-hybridized carbons (Fsp3) is 0.462. The molecule has 2 rings (SSSR count). The minimum absolute atomic E-state index is 0.0112. The number of imidazole rings is 1. The highest BCUT2D eigenvalue weighted by Crippen LogP contribution is 2.23. The first kappa shape index (κ1) is 11.9. The molecule has 0 aliphatic rings. The number of aromatic nitrogens is 2. The Balaban J connectivity index is 2.49. The maximum absolute atomic E-state index is 6.04. The van der Waals surface area contributed by atoms with Crippen LogP contribution in [0, 0.1) is 0 Å². The van der Waals surface area contributed by atoms with E-state index in [-0.39, 0.29) is 6.04 Å². The third-order valence-corrected chi connectivity index (χ3v) is 2.97. The minimum Gasteiger partial charge on any atom is -0.494 e. The molecule has 0 radical (unpaired) electrons. The van der Waals surface area contributed by atoms with Crippen LogP contribution >= 0.6 is 0 Å². The first-order valence-corrected chi connectivity index (χ1v) is 6.02. The Kier molecular flexibility index (Phi) is 3.33. The number of nitrogens with two attached hydrogens (primary N) is 1. The van der Waals surface area contributed by atoms with E-state index in [4.69, 9.17) is 10.5 Å². The van der Waals surface area contributed by atoms with Crippen molar-refractivity contribution in [3.63, 3.8) is 0 Å². The summed E-state index contributed by atoms with van der Waals surface area (Å²) in [6.07, 6.45) is 0.884. The van der Waals surface area contributed by atoms with Gasteiger partial charge in [0, 0.05) is 13.1 Å². The summed E-state index contributed by atoms with van der Waals surface area (Å²) < 4.78 is 7.52. The van der Waals surface area contributed by atoms with Gasteiger partial charge < -0.3 is 15.0 Å². The molecule has 1 heterocycles. The maximum atomic E-state index is 6.04. The molecule has 0 bridgehead atoms. The van der Waals surface area contributed by atoms with Crippen LogP contribution in [0.5, 0.6) is 5.75 Å². The molecule has 0 fully saturated rings. The lowest BCUT2D eigenvalue weighted by molar-refractivity contribution is 0.340. The zero-order valence-electron chi connectivity index (χ0n) is 10.6. The van der Waals surface area contributed by atoms with Crippen LogP contribution in [0.2, 0.25) is 0 Å². The fourth-order valence-corrected chi connectivity index (χ4v) is 1.97. The molecule has 4 nitrogen and oxygen atoms in total. The van der Waals surface area contributed by atoms with Gasteiger partial charge in [0.2, 0.25) is 0 Å². The zero-order valence-corrected chi connectivity index (χ0v) is 10.6. The van der Waals surface area contributed by atoms with Crippen LogP contribution < -0.4 is 10.5 Å². The standard InChI is InChI=1S/C13H19N3O/c1-4-10(14)13-15-11-8-9(17-5-2)6-7-12(11)16(13)3/h6-8,10H,4-5,14H2,1-3H3. The first-order valence-electron chi connectivity index (χ1n) is 6.02. The number of hydrogen-bond acceptors (Lipinski definition) is 3. The molecule has 2 N–H and O–H groups in total. The van der Waals surface area contributed by atoms with Crippen molar-refractivity contribution >= 4 is 11.0 Å². The average molecular weight is 233 g/mol. The van der Waals surface area contributed by atoms with Crippen molar-refractivity contribution in [2.45, 2.75) is 26.3 Å². The van der Waals surface area contributed by atoms with E-state index in [1.54, 1.807) is 0 Å². The molecule has 0 saturated carbocycles. The summed E-state index contributed by atoms with van der Waals surface area (Å²) in [6.45, 7) is 4.70. The molecule has 92 valence electrons. The number of nitrogens with zero attached hydrogens (tertiary/aromatic N) is 2. The van der Waals surface area contributed by atoms with Gasteiger partial charge in [-0.05, 0) is 25.5 Å². The molecule has 0 aliphatic heterocycles. The maximum Gasteiger partial charge on any atom is 0.126 e. The normalized spacial score (nSPS) is 12.9. The van der Waals surface area contributed by atoms with Crippen molar-refractivity contribution in [3.05, 3.63) is 24.0 Å². The van der Waals surface area contributed by atoms with Crippen molar-refractivity contribution in [3.8, 4) is 5.75 Å². The van der Waals surface area contributed by atoms with Crippen molar-refractivity contribution < 1.29 is 4.74 Å². The summed E-state index contributed by atoms with van der Waals surface area (Å²) in [7, 11) is 2.00. The molecule has 0 saturated heterocycles. The Morgan fingerprint density at radius 2 is 2.18 bits per heavy atom. The van der Waals surface area contributed by atoms with Crippen LogP contribution in [0.4, 0.5) is 0 Å². The Hall–Kier alpha value is -1.55. The van der Waals surface area contributed by atoms with Gasteiger partial charge in [0.15, 0.2) is 0 Å². The lowest BCUT2D eigenvalue weighted by Gasteiger charge is -2.08. The van der Waals surface area contributed by atoms with Crippen LogP contribution in [0.3, 0.4) is 0 Å². The second-order valence-electron chi connectivity index (χ2n) is 4.13. The van der Waals surface area contributed by atoms with Crippen LogP contribution in [0.25, 0.3) is 11.0 Å². The molecule has 0 aliphatic carbocycles. The lowest BCUT2D eigenvalue weighted by atomic mass is 10.2. The minimum atomic E-state index is -0.0112. The second-order valence-corrected chi connectivity index (χ2v) is 4.13. The average Bonchev–Trinajstić information content (AvgIpc) is 2.66. The molecule has 1 aromatic carbocycles. The number of ether oxygens (including phenoxy) is 1. The SMILES string of the molecule is CCOc1ccc2c(c1)nc(C(N)CC)n2C. The number of benzene rings is 1. The van der Waals surface area contributed by atoms with E-state index in [0.717, 1.165) is 29.0 Å². The van der Waals surface area contributed by atoms with Gasteiger partial charge in [-0.3, -0.25) is 0 Å². The third-order valence-electron chi connectivity index (χ3n) is 2.97. The summed E-state index contributed by atoms with van der Waals surface area (Å²) in [5.41, 5.74) is 8.07. The molecule has 17 heavy (non-hydrogen) atoms. The molecular formula is C13H19N3O. The summed E-state index contributed by atoms with van der Waals surface area (Å²) in [5.74, 6) is 1.78. The van der Waals surface area contributed by atoms with Crippen LogP contribution in [0.1, 0.15) is 32.1 Å². The second kappa shape index (κ2) is 4.75. The van der Waals surface area contributed by atoms with Gasteiger partial charge in [-0.2, -0.15) is 0 Å². The smallest absolute Gasteiger partial charge is 0.126 e. The number of hydrogen-bond donors (Lipinski definition) is 1. The third kappa shape index (κ3) is 2.13. The van der Waals surface area contributed by atoms with Crippen molar-refractivity contribution in [2.24, 2.45) is 12.8 Å². The summed E-state index contributed by atoms with van der Waals surface area (Å²) >= 11 is 0. The van der Waals surface area contributed by atoms with Crippen molar-refractivity contribution in [1.82, 2.24) is 9.55 Å². The van der Waals surface area contributed by atoms with Crippen molar-refractivity contribution in [1.29, 1.82) is 0 Å². The molecule has 0 amide bonds. The van der Waals surface area contributed by atoms with E-state index in [9.17, 15) is 0 Å². The highest BCUT2D eigenvalue weighted by atomic mass is 16.5. The van der Waals surface area contributed by atoms with Gasteiger partial charge in [-0.15, -0.1) is 0 Å². The predicted molar refractivity (Wildman–Crippen MR) is 69.1 cm³/mol. The van der Waals surface area contributed by atoms with E-state index >= 15 is 0 Å². The van der Waals surface area contributed by atoms with Gasteiger partial charge >= 0.3 is 0 Å². The summed E-state index contributed by atoms with van der Waals surface area (Å²) in [5, 5.41) is 0. The molecule has 1 atom stereocenters. The van der Waals surface area contributed by atoms with E-state index in [0.29, 0.717) is 6.61 Å². The number of fused-ring (bicyclic) bond motifs is 1. The van der Waals surface area contributed by atoms with Gasteiger partial charge in [-0.25, -0.2) is 4.98 Å². The molecule has 4 heteroatoms. The fourth-order valence-electron chi connectivity index (χ4n) is 1.97. The van der Waals surface area contributed by atoms with Gasteiger partial charge in [0.05, 0.1) is 23.7 Å². The Bertz CT molecular complexity index is 519. The highest BCUT2D eigenvalue weighted by molar-refractivity contribution is 5.77. The summed E-state index contributed by atoms with van der Waals surface area (Å²) in [4.78, 5) is 4.58. The molecule has 0 spiro atoms. The van der Waals surface area contributed by atoms with E-state index in [1.165, 1.54) is 0 Å². The largest absolute Gasteiger partial charge is 0.494 e. The number of aryl methyl sites for hydroxylation is 1.